The molecule has 0 spiro atoms. The zero-order chi connectivity index (χ0) is 13.7. The average Bonchev–Trinajstić information content (AvgIpc) is 3.22. The Kier molecular flexibility index (Phi) is 4.80. The number of carbonyl (C=O) groups is 1. The summed E-state index contributed by atoms with van der Waals surface area (Å²) in [6.07, 6.45) is 3.03. The van der Waals surface area contributed by atoms with Gasteiger partial charge in [0.2, 0.25) is 0 Å². The van der Waals surface area contributed by atoms with Gasteiger partial charge in [-0.1, -0.05) is 19.1 Å². The number of carboxylic acids is 1. The average molecular weight is 263 g/mol. The van der Waals surface area contributed by atoms with E-state index in [9.17, 15) is 4.79 Å². The number of aliphatic carboxylic acids is 1. The highest BCUT2D eigenvalue weighted by Gasteiger charge is 2.35. The van der Waals surface area contributed by atoms with Crippen LogP contribution in [0.4, 0.5) is 0 Å². The second-order valence-corrected chi connectivity index (χ2v) is 5.03. The molecular formula is C15H21NO3. The summed E-state index contributed by atoms with van der Waals surface area (Å²) in [7, 11) is 0. The Hall–Kier alpha value is -1.55. The molecule has 1 aliphatic rings. The van der Waals surface area contributed by atoms with Crippen LogP contribution in [0.25, 0.3) is 0 Å². The van der Waals surface area contributed by atoms with Gasteiger partial charge in [0, 0.05) is 6.54 Å². The SMILES string of the molecule is CCCOc1ccc(CNC(C(=O)O)C2CC2)cc1. The van der Waals surface area contributed by atoms with Crippen LogP contribution >= 0.6 is 0 Å². The second kappa shape index (κ2) is 6.57. The minimum absolute atomic E-state index is 0.310. The van der Waals surface area contributed by atoms with Crippen LogP contribution < -0.4 is 10.1 Å². The van der Waals surface area contributed by atoms with Gasteiger partial charge in [-0.15, -0.1) is 0 Å². The van der Waals surface area contributed by atoms with Gasteiger partial charge in [-0.05, 0) is 42.9 Å². The van der Waals surface area contributed by atoms with Crippen molar-refractivity contribution in [2.75, 3.05) is 6.61 Å². The first-order valence-corrected chi connectivity index (χ1v) is 6.88. The van der Waals surface area contributed by atoms with Gasteiger partial charge in [-0.2, -0.15) is 0 Å². The van der Waals surface area contributed by atoms with Crippen molar-refractivity contribution in [2.45, 2.75) is 38.8 Å². The molecule has 1 saturated carbocycles. The van der Waals surface area contributed by atoms with Crippen molar-refractivity contribution < 1.29 is 14.6 Å². The highest BCUT2D eigenvalue weighted by Crippen LogP contribution is 2.32. The number of nitrogens with one attached hydrogen (secondary N) is 1. The number of carboxylic acid groups (broad SMARTS) is 1. The summed E-state index contributed by atoms with van der Waals surface area (Å²) in [5.74, 6) is 0.428. The molecule has 1 aromatic carbocycles. The second-order valence-electron chi connectivity index (χ2n) is 5.03. The van der Waals surface area contributed by atoms with E-state index in [0.717, 1.165) is 37.2 Å². The summed E-state index contributed by atoms with van der Waals surface area (Å²) in [5, 5.41) is 12.2. The number of hydrogen-bond acceptors (Lipinski definition) is 3. The predicted molar refractivity (Wildman–Crippen MR) is 73.2 cm³/mol. The van der Waals surface area contributed by atoms with Crippen molar-refractivity contribution in [1.82, 2.24) is 5.32 Å². The molecule has 1 unspecified atom stereocenters. The molecule has 4 nitrogen and oxygen atoms in total. The molecular weight excluding hydrogens is 242 g/mol. The molecule has 1 aliphatic carbocycles. The zero-order valence-electron chi connectivity index (χ0n) is 11.3. The standard InChI is InChI=1S/C15H21NO3/c1-2-9-19-13-7-3-11(4-8-13)10-16-14(15(17)18)12-5-6-12/h3-4,7-8,12,14,16H,2,5-6,9-10H2,1H3,(H,17,18). The maximum Gasteiger partial charge on any atom is 0.320 e. The highest BCUT2D eigenvalue weighted by atomic mass is 16.5. The Balaban J connectivity index is 1.83. The van der Waals surface area contributed by atoms with Gasteiger partial charge in [-0.25, -0.2) is 0 Å². The fourth-order valence-electron chi connectivity index (χ4n) is 2.04. The fourth-order valence-corrected chi connectivity index (χ4v) is 2.04. The lowest BCUT2D eigenvalue weighted by Gasteiger charge is -2.13. The Morgan fingerprint density at radius 3 is 2.63 bits per heavy atom. The van der Waals surface area contributed by atoms with Crippen molar-refractivity contribution >= 4 is 5.97 Å². The minimum atomic E-state index is -0.745. The lowest BCUT2D eigenvalue weighted by atomic mass is 10.1. The molecule has 1 fully saturated rings. The summed E-state index contributed by atoms with van der Waals surface area (Å²) in [6.45, 7) is 3.38. The van der Waals surface area contributed by atoms with Gasteiger partial charge in [0.15, 0.2) is 0 Å². The Labute approximate surface area is 113 Å². The molecule has 2 N–H and O–H groups in total. The van der Waals surface area contributed by atoms with E-state index in [-0.39, 0.29) is 0 Å². The lowest BCUT2D eigenvalue weighted by molar-refractivity contribution is -0.140. The van der Waals surface area contributed by atoms with Crippen LogP contribution in [0.5, 0.6) is 5.75 Å². The van der Waals surface area contributed by atoms with Gasteiger partial charge in [0.05, 0.1) is 6.61 Å². The molecule has 19 heavy (non-hydrogen) atoms. The van der Waals surface area contributed by atoms with E-state index < -0.39 is 12.0 Å². The number of rotatable bonds is 8. The molecule has 0 bridgehead atoms. The monoisotopic (exact) mass is 263 g/mol. The summed E-state index contributed by atoms with van der Waals surface area (Å²) in [4.78, 5) is 11.1. The van der Waals surface area contributed by atoms with Crippen molar-refractivity contribution in [2.24, 2.45) is 5.92 Å². The molecule has 0 amide bonds. The summed E-state index contributed by atoms with van der Waals surface area (Å²) < 4.78 is 5.51. The van der Waals surface area contributed by atoms with Gasteiger partial charge >= 0.3 is 5.97 Å². The Morgan fingerprint density at radius 1 is 1.42 bits per heavy atom. The Bertz CT molecular complexity index is 412. The maximum atomic E-state index is 11.1. The van der Waals surface area contributed by atoms with E-state index in [1.807, 2.05) is 24.3 Å². The van der Waals surface area contributed by atoms with Crippen LogP contribution in [0.15, 0.2) is 24.3 Å². The third-order valence-corrected chi connectivity index (χ3v) is 3.28. The molecule has 2 rings (SSSR count). The van der Waals surface area contributed by atoms with Crippen molar-refractivity contribution in [1.29, 1.82) is 0 Å². The molecule has 0 aliphatic heterocycles. The molecule has 0 heterocycles. The van der Waals surface area contributed by atoms with Crippen LogP contribution in [-0.4, -0.2) is 23.7 Å². The van der Waals surface area contributed by atoms with Gasteiger partial charge in [-0.3, -0.25) is 4.79 Å². The van der Waals surface area contributed by atoms with Crippen LogP contribution in [-0.2, 0) is 11.3 Å². The van der Waals surface area contributed by atoms with Gasteiger partial charge in [0.1, 0.15) is 11.8 Å². The van der Waals surface area contributed by atoms with E-state index in [2.05, 4.69) is 12.2 Å². The fraction of sp³-hybridized carbons (Fsp3) is 0.533. The van der Waals surface area contributed by atoms with E-state index in [1.165, 1.54) is 0 Å². The van der Waals surface area contributed by atoms with E-state index in [4.69, 9.17) is 9.84 Å². The van der Waals surface area contributed by atoms with Crippen LogP contribution in [0.3, 0.4) is 0 Å². The topological polar surface area (TPSA) is 58.6 Å². The van der Waals surface area contributed by atoms with Crippen LogP contribution in [0.2, 0.25) is 0 Å². The summed E-state index contributed by atoms with van der Waals surface area (Å²) in [6, 6.07) is 7.41. The van der Waals surface area contributed by atoms with Gasteiger partial charge in [0.25, 0.3) is 0 Å². The molecule has 4 heteroatoms. The zero-order valence-corrected chi connectivity index (χ0v) is 11.3. The Morgan fingerprint density at radius 2 is 2.11 bits per heavy atom. The molecule has 0 radical (unpaired) electrons. The number of ether oxygens (including phenoxy) is 1. The number of benzene rings is 1. The van der Waals surface area contributed by atoms with Crippen LogP contribution in [0.1, 0.15) is 31.7 Å². The lowest BCUT2D eigenvalue weighted by Crippen LogP contribution is -2.37. The van der Waals surface area contributed by atoms with Crippen molar-refractivity contribution in [3.63, 3.8) is 0 Å². The first kappa shape index (κ1) is 13.9. The first-order chi connectivity index (χ1) is 9.20. The highest BCUT2D eigenvalue weighted by molar-refractivity contribution is 5.74. The quantitative estimate of drug-likeness (QED) is 0.756. The normalized spacial score (nSPS) is 16.1. The molecule has 104 valence electrons. The third kappa shape index (κ3) is 4.24. The maximum absolute atomic E-state index is 11.1. The van der Waals surface area contributed by atoms with E-state index in [1.54, 1.807) is 0 Å². The largest absolute Gasteiger partial charge is 0.494 e. The molecule has 0 aromatic heterocycles. The summed E-state index contributed by atoms with van der Waals surface area (Å²) >= 11 is 0. The molecule has 1 atom stereocenters. The predicted octanol–water partition coefficient (Wildman–Crippen LogP) is 2.43. The minimum Gasteiger partial charge on any atom is -0.494 e. The van der Waals surface area contributed by atoms with E-state index in [0.29, 0.717) is 12.5 Å². The smallest absolute Gasteiger partial charge is 0.320 e. The van der Waals surface area contributed by atoms with E-state index >= 15 is 0 Å². The van der Waals surface area contributed by atoms with Crippen molar-refractivity contribution in [3.05, 3.63) is 29.8 Å². The first-order valence-electron chi connectivity index (χ1n) is 6.88. The molecule has 0 saturated heterocycles. The van der Waals surface area contributed by atoms with Crippen molar-refractivity contribution in [3.8, 4) is 5.75 Å². The third-order valence-electron chi connectivity index (χ3n) is 3.28. The van der Waals surface area contributed by atoms with Crippen LogP contribution in [0, 0.1) is 5.92 Å². The van der Waals surface area contributed by atoms with Gasteiger partial charge < -0.3 is 15.2 Å². The molecule has 1 aromatic rings. The number of hydrogen-bond donors (Lipinski definition) is 2. The summed E-state index contributed by atoms with van der Waals surface area (Å²) in [5.41, 5.74) is 1.08.